The minimum atomic E-state index is -2.83. The van der Waals surface area contributed by atoms with Crippen molar-refractivity contribution < 1.29 is 9.32 Å². The van der Waals surface area contributed by atoms with Crippen molar-refractivity contribution in [2.45, 2.75) is 24.8 Å². The van der Waals surface area contributed by atoms with Gasteiger partial charge in [-0.1, -0.05) is 29.4 Å². The molecule has 0 bridgehead atoms. The first-order chi connectivity index (χ1) is 6.92. The minimum Gasteiger partial charge on any atom is -0.392 e. The van der Waals surface area contributed by atoms with Crippen LogP contribution in [-0.4, -0.2) is 22.0 Å². The Morgan fingerprint density at radius 2 is 2.00 bits per heavy atom. The molecular weight excluding hydrogens is 230 g/mol. The Labute approximate surface area is 96.3 Å². The van der Waals surface area contributed by atoms with Gasteiger partial charge in [0.25, 0.3) is 0 Å². The molecule has 5 heteroatoms. The van der Waals surface area contributed by atoms with Crippen LogP contribution in [0, 0.1) is 6.92 Å². The Morgan fingerprint density at radius 3 is 2.47 bits per heavy atom. The zero-order valence-corrected chi connectivity index (χ0v) is 10.6. The summed E-state index contributed by atoms with van der Waals surface area (Å²) in [5.74, 6) is 0. The first-order valence-corrected chi connectivity index (χ1v) is 7.61. The van der Waals surface area contributed by atoms with Crippen molar-refractivity contribution in [1.82, 2.24) is 4.72 Å². The van der Waals surface area contributed by atoms with Crippen LogP contribution in [0.3, 0.4) is 0 Å². The van der Waals surface area contributed by atoms with Gasteiger partial charge in [-0.05, 0) is 26.0 Å². The summed E-state index contributed by atoms with van der Waals surface area (Å²) in [5, 5.41) is 9.09. The molecule has 0 aliphatic rings. The van der Waals surface area contributed by atoms with Crippen LogP contribution in [0.25, 0.3) is 0 Å². The quantitative estimate of drug-likeness (QED) is 0.476. The maximum absolute atomic E-state index is 12.1. The van der Waals surface area contributed by atoms with E-state index in [1.54, 1.807) is 19.1 Å². The molecule has 0 aliphatic carbocycles. The predicted octanol–water partition coefficient (Wildman–Crippen LogP) is 1.10. The first-order valence-electron chi connectivity index (χ1n) is 4.75. The van der Waals surface area contributed by atoms with Crippen LogP contribution in [0.4, 0.5) is 0 Å². The molecule has 0 aromatic heterocycles. The minimum absolute atomic E-state index is 0.272. The van der Waals surface area contributed by atoms with Crippen LogP contribution < -0.4 is 4.72 Å². The molecular formula is C10H17NO2S2. The van der Waals surface area contributed by atoms with Crippen molar-refractivity contribution >= 4 is 20.8 Å². The van der Waals surface area contributed by atoms with Crippen LogP contribution in [0.15, 0.2) is 29.2 Å². The highest BCUT2D eigenvalue weighted by molar-refractivity contribution is 8.68. The van der Waals surface area contributed by atoms with Gasteiger partial charge in [-0.15, -0.1) is 0 Å². The van der Waals surface area contributed by atoms with Gasteiger partial charge in [0.15, 0.2) is 0 Å². The molecule has 2 N–H and O–H groups in total. The van der Waals surface area contributed by atoms with Crippen LogP contribution in [-0.2, 0) is 9.15 Å². The molecule has 0 heterocycles. The lowest BCUT2D eigenvalue weighted by Crippen LogP contribution is -2.32. The van der Waals surface area contributed by atoms with Gasteiger partial charge in [-0.3, -0.25) is 4.21 Å². The highest BCUT2D eigenvalue weighted by atomic mass is 33.1. The molecule has 3 nitrogen and oxygen atoms in total. The number of nitrogens with one attached hydrogen (secondary N) is 1. The zero-order valence-electron chi connectivity index (χ0n) is 8.84. The van der Waals surface area contributed by atoms with E-state index in [0.717, 1.165) is 5.56 Å². The summed E-state index contributed by atoms with van der Waals surface area (Å²) < 4.78 is 14.8. The highest BCUT2D eigenvalue weighted by Crippen LogP contribution is 2.20. The van der Waals surface area contributed by atoms with E-state index in [2.05, 4.69) is 16.4 Å². The van der Waals surface area contributed by atoms with Crippen molar-refractivity contribution in [2.75, 3.05) is 6.54 Å². The van der Waals surface area contributed by atoms with E-state index in [-0.39, 0.29) is 6.54 Å². The van der Waals surface area contributed by atoms with Gasteiger partial charge < -0.3 is 5.11 Å². The Bertz CT molecular complexity index is 362. The molecule has 1 unspecified atom stereocenters. The summed E-state index contributed by atoms with van der Waals surface area (Å²) >= 11 is 4.12. The third-order valence-corrected chi connectivity index (χ3v) is 4.71. The van der Waals surface area contributed by atoms with Gasteiger partial charge in [-0.2, -0.15) is 0 Å². The summed E-state index contributed by atoms with van der Waals surface area (Å²) in [4.78, 5) is 0.664. The van der Waals surface area contributed by atoms with Crippen molar-refractivity contribution in [3.8, 4) is 0 Å². The van der Waals surface area contributed by atoms with E-state index in [9.17, 15) is 4.21 Å². The molecule has 0 saturated heterocycles. The smallest absolute Gasteiger partial charge is 0.0646 e. The van der Waals surface area contributed by atoms with Gasteiger partial charge >= 0.3 is 0 Å². The fraction of sp³-hybridized carbons (Fsp3) is 0.400. The molecule has 1 aromatic rings. The number of benzene rings is 1. The topological polar surface area (TPSA) is 49.3 Å². The van der Waals surface area contributed by atoms with Crippen LogP contribution >= 0.6 is 11.7 Å². The molecule has 0 amide bonds. The predicted molar refractivity (Wildman–Crippen MR) is 67.7 cm³/mol. The fourth-order valence-electron chi connectivity index (χ4n) is 1.09. The average Bonchev–Trinajstić information content (AvgIpc) is 2.16. The maximum atomic E-state index is 12.1. The molecule has 1 rings (SSSR count). The summed E-state index contributed by atoms with van der Waals surface area (Å²) in [7, 11) is -2.83. The second-order valence-corrected chi connectivity index (χ2v) is 7.30. The lowest BCUT2D eigenvalue weighted by molar-refractivity contribution is 0.199. The van der Waals surface area contributed by atoms with E-state index in [1.807, 2.05) is 19.1 Å². The van der Waals surface area contributed by atoms with Crippen molar-refractivity contribution in [1.29, 1.82) is 0 Å². The highest BCUT2D eigenvalue weighted by Gasteiger charge is 2.12. The van der Waals surface area contributed by atoms with Crippen molar-refractivity contribution in [2.24, 2.45) is 0 Å². The van der Waals surface area contributed by atoms with Crippen LogP contribution in [0.5, 0.6) is 0 Å². The van der Waals surface area contributed by atoms with Crippen LogP contribution in [0.2, 0.25) is 0 Å². The SMILES string of the molecule is Cc1ccc([SH](=O)(S)NCC(C)O)cc1. The largest absolute Gasteiger partial charge is 0.392 e. The molecule has 0 spiro atoms. The molecule has 1 aromatic carbocycles. The number of rotatable bonds is 4. The zero-order chi connectivity index (χ0) is 11.5. The first kappa shape index (κ1) is 12.7. The number of hydrogen-bond donors (Lipinski definition) is 4. The molecule has 0 radical (unpaired) electrons. The molecule has 86 valence electrons. The number of aryl methyl sites for hydroxylation is 1. The second kappa shape index (κ2) is 5.12. The Balaban J connectivity index is 2.77. The van der Waals surface area contributed by atoms with E-state index >= 15 is 0 Å². The van der Waals surface area contributed by atoms with Gasteiger partial charge in [0, 0.05) is 20.6 Å². The van der Waals surface area contributed by atoms with Crippen molar-refractivity contribution in [3.63, 3.8) is 0 Å². The third kappa shape index (κ3) is 3.95. The molecule has 0 saturated carbocycles. The van der Waals surface area contributed by atoms with Gasteiger partial charge in [0.05, 0.1) is 6.10 Å². The number of hydrogen-bond acceptors (Lipinski definition) is 2. The fourth-order valence-corrected chi connectivity index (χ4v) is 2.99. The number of aliphatic hydroxyl groups excluding tert-OH is 1. The molecule has 0 fully saturated rings. The second-order valence-electron chi connectivity index (χ2n) is 3.62. The third-order valence-electron chi connectivity index (χ3n) is 1.98. The van der Waals surface area contributed by atoms with E-state index in [4.69, 9.17) is 5.11 Å². The molecule has 0 aliphatic heterocycles. The Kier molecular flexibility index (Phi) is 4.33. The maximum Gasteiger partial charge on any atom is 0.0646 e. The normalized spacial score (nSPS) is 14.9. The molecule has 15 heavy (non-hydrogen) atoms. The Morgan fingerprint density at radius 1 is 1.47 bits per heavy atom. The van der Waals surface area contributed by atoms with E-state index in [1.165, 1.54) is 0 Å². The average molecular weight is 247 g/mol. The van der Waals surface area contributed by atoms with Gasteiger partial charge in [0.1, 0.15) is 0 Å². The standard InChI is InChI=1S/C10H17NO2S2/c1-8-3-5-10(6-4-8)15(13,14)11-7-9(2)12/h3-6,9,12,15H,7H2,1-2H3,(H2,11,13,14). The van der Waals surface area contributed by atoms with E-state index < -0.39 is 15.3 Å². The van der Waals surface area contributed by atoms with Gasteiger partial charge in [-0.25, -0.2) is 4.72 Å². The number of aliphatic hydroxyl groups is 1. The summed E-state index contributed by atoms with van der Waals surface area (Å²) in [6.45, 7) is 3.88. The Hall–Kier alpha value is -0.360. The summed E-state index contributed by atoms with van der Waals surface area (Å²) in [5.41, 5.74) is 1.11. The lowest BCUT2D eigenvalue weighted by Gasteiger charge is -2.20. The van der Waals surface area contributed by atoms with Gasteiger partial charge in [0.2, 0.25) is 0 Å². The van der Waals surface area contributed by atoms with Crippen LogP contribution in [0.1, 0.15) is 12.5 Å². The molecule has 1 atom stereocenters. The number of thiol groups is 2. The summed E-state index contributed by atoms with van der Waals surface area (Å²) in [6.07, 6.45) is -0.532. The monoisotopic (exact) mass is 247 g/mol. The van der Waals surface area contributed by atoms with E-state index in [0.29, 0.717) is 4.90 Å². The van der Waals surface area contributed by atoms with Crippen molar-refractivity contribution in [3.05, 3.63) is 29.8 Å². The lowest BCUT2D eigenvalue weighted by atomic mass is 10.2. The summed E-state index contributed by atoms with van der Waals surface area (Å²) in [6, 6.07) is 7.36.